The van der Waals surface area contributed by atoms with Crippen molar-refractivity contribution in [2.24, 2.45) is 0 Å². The van der Waals surface area contributed by atoms with E-state index in [1.165, 1.54) is 0 Å². The molecule has 2 aromatic rings. The van der Waals surface area contributed by atoms with Gasteiger partial charge in [-0.1, -0.05) is 12.1 Å². The van der Waals surface area contributed by atoms with Gasteiger partial charge in [0.2, 0.25) is 0 Å². The Morgan fingerprint density at radius 2 is 2.20 bits per heavy atom. The van der Waals surface area contributed by atoms with Crippen molar-refractivity contribution in [2.45, 2.75) is 6.54 Å². The van der Waals surface area contributed by atoms with Crippen LogP contribution < -0.4 is 10.1 Å². The monoisotopic (exact) mass is 203 g/mol. The number of benzene rings is 1. The minimum Gasteiger partial charge on any atom is -0.463 e. The normalized spacial score (nSPS) is 16.5. The highest BCUT2D eigenvalue weighted by atomic mass is 16.5. The Hall–Kier alpha value is -1.55. The second-order valence-electron chi connectivity index (χ2n) is 3.63. The molecule has 0 saturated heterocycles. The van der Waals surface area contributed by atoms with Crippen molar-refractivity contribution < 1.29 is 4.74 Å². The van der Waals surface area contributed by atoms with Crippen LogP contribution >= 0.6 is 0 Å². The zero-order valence-corrected chi connectivity index (χ0v) is 8.44. The van der Waals surface area contributed by atoms with Gasteiger partial charge in [0, 0.05) is 19.6 Å². The van der Waals surface area contributed by atoms with Crippen molar-refractivity contribution in [1.82, 2.24) is 14.9 Å². The number of aromatic nitrogens is 2. The zero-order chi connectivity index (χ0) is 10.1. The van der Waals surface area contributed by atoms with Gasteiger partial charge in [-0.15, -0.1) is 0 Å². The van der Waals surface area contributed by atoms with E-state index in [4.69, 9.17) is 4.74 Å². The van der Waals surface area contributed by atoms with Gasteiger partial charge in [0.25, 0.3) is 6.01 Å². The maximum atomic E-state index is 5.60. The maximum absolute atomic E-state index is 5.60. The molecule has 4 heteroatoms. The van der Waals surface area contributed by atoms with Crippen LogP contribution in [0.3, 0.4) is 0 Å². The van der Waals surface area contributed by atoms with E-state index in [-0.39, 0.29) is 0 Å². The van der Waals surface area contributed by atoms with Crippen molar-refractivity contribution in [2.75, 3.05) is 19.7 Å². The van der Waals surface area contributed by atoms with Crippen LogP contribution in [0.15, 0.2) is 24.3 Å². The number of fused-ring (bicyclic) bond motifs is 3. The molecule has 0 amide bonds. The highest BCUT2D eigenvalue weighted by Gasteiger charge is 2.12. The van der Waals surface area contributed by atoms with E-state index >= 15 is 0 Å². The minimum atomic E-state index is 0.684. The number of ether oxygens (including phenoxy) is 1. The Morgan fingerprint density at radius 3 is 3.20 bits per heavy atom. The number of rotatable bonds is 0. The van der Waals surface area contributed by atoms with Gasteiger partial charge in [0.1, 0.15) is 6.61 Å². The van der Waals surface area contributed by atoms with Gasteiger partial charge >= 0.3 is 0 Å². The number of nitrogens with zero attached hydrogens (tertiary/aromatic N) is 2. The minimum absolute atomic E-state index is 0.684. The van der Waals surface area contributed by atoms with Crippen molar-refractivity contribution in [3.8, 4) is 6.01 Å². The molecule has 1 aliphatic rings. The lowest BCUT2D eigenvalue weighted by Gasteiger charge is -2.14. The quantitative estimate of drug-likeness (QED) is 0.694. The zero-order valence-electron chi connectivity index (χ0n) is 8.44. The number of para-hydroxylation sites is 2. The van der Waals surface area contributed by atoms with Crippen LogP contribution in [-0.2, 0) is 6.54 Å². The molecule has 78 valence electrons. The van der Waals surface area contributed by atoms with E-state index in [9.17, 15) is 0 Å². The Morgan fingerprint density at radius 1 is 1.27 bits per heavy atom. The van der Waals surface area contributed by atoms with Gasteiger partial charge < -0.3 is 10.1 Å². The van der Waals surface area contributed by atoms with E-state index in [0.29, 0.717) is 6.61 Å². The molecule has 0 saturated carbocycles. The van der Waals surface area contributed by atoms with Gasteiger partial charge in [-0.2, -0.15) is 4.98 Å². The largest absolute Gasteiger partial charge is 0.463 e. The molecule has 2 heterocycles. The van der Waals surface area contributed by atoms with Crippen molar-refractivity contribution in [3.05, 3.63) is 24.3 Å². The molecule has 0 atom stereocenters. The maximum Gasteiger partial charge on any atom is 0.297 e. The van der Waals surface area contributed by atoms with Gasteiger partial charge in [-0.05, 0) is 12.1 Å². The second-order valence-corrected chi connectivity index (χ2v) is 3.63. The van der Waals surface area contributed by atoms with Crippen LogP contribution in [0.25, 0.3) is 11.0 Å². The predicted molar refractivity (Wildman–Crippen MR) is 58.1 cm³/mol. The lowest BCUT2D eigenvalue weighted by molar-refractivity contribution is 0.264. The molecule has 0 bridgehead atoms. The van der Waals surface area contributed by atoms with Crippen molar-refractivity contribution in [3.63, 3.8) is 0 Å². The molecule has 3 rings (SSSR count). The van der Waals surface area contributed by atoms with Crippen LogP contribution in [-0.4, -0.2) is 29.2 Å². The van der Waals surface area contributed by atoms with E-state index in [2.05, 4.69) is 20.9 Å². The van der Waals surface area contributed by atoms with Crippen molar-refractivity contribution >= 4 is 11.0 Å². The summed E-state index contributed by atoms with van der Waals surface area (Å²) >= 11 is 0. The Labute approximate surface area is 87.9 Å². The topological polar surface area (TPSA) is 39.1 Å². The van der Waals surface area contributed by atoms with E-state index < -0.39 is 0 Å². The molecular formula is C11H13N3O. The molecule has 0 fully saturated rings. The Bertz CT molecular complexity index is 478. The fourth-order valence-electron chi connectivity index (χ4n) is 1.91. The Balaban J connectivity index is 2.15. The average Bonchev–Trinajstić information content (AvgIpc) is 2.55. The summed E-state index contributed by atoms with van der Waals surface area (Å²) in [4.78, 5) is 4.47. The van der Waals surface area contributed by atoms with Gasteiger partial charge in [-0.3, -0.25) is 4.57 Å². The van der Waals surface area contributed by atoms with Gasteiger partial charge in [0.15, 0.2) is 0 Å². The van der Waals surface area contributed by atoms with Crippen LogP contribution in [0.2, 0.25) is 0 Å². The van der Waals surface area contributed by atoms with Crippen LogP contribution in [0, 0.1) is 0 Å². The number of hydrogen-bond acceptors (Lipinski definition) is 3. The summed E-state index contributed by atoms with van der Waals surface area (Å²) in [5, 5.41) is 3.31. The fourth-order valence-corrected chi connectivity index (χ4v) is 1.91. The number of hydrogen-bond donors (Lipinski definition) is 1. The molecule has 0 radical (unpaired) electrons. The van der Waals surface area contributed by atoms with E-state index in [1.54, 1.807) is 0 Å². The molecule has 1 N–H and O–H groups in total. The predicted octanol–water partition coefficient (Wildman–Crippen LogP) is 1.02. The SMILES string of the molecule is c1ccc2c(c1)nc1n2CCNCCO1. The fraction of sp³-hybridized carbons (Fsp3) is 0.364. The first kappa shape index (κ1) is 8.73. The lowest BCUT2D eigenvalue weighted by atomic mass is 10.3. The molecular weight excluding hydrogens is 190 g/mol. The highest BCUT2D eigenvalue weighted by molar-refractivity contribution is 5.76. The smallest absolute Gasteiger partial charge is 0.297 e. The summed E-state index contributed by atoms with van der Waals surface area (Å²) in [6.07, 6.45) is 0. The van der Waals surface area contributed by atoms with Crippen molar-refractivity contribution in [1.29, 1.82) is 0 Å². The van der Waals surface area contributed by atoms with Gasteiger partial charge in [0.05, 0.1) is 11.0 Å². The molecule has 0 unspecified atom stereocenters. The summed E-state index contributed by atoms with van der Waals surface area (Å²) < 4.78 is 7.73. The first-order valence-corrected chi connectivity index (χ1v) is 5.24. The molecule has 1 aromatic carbocycles. The third kappa shape index (κ3) is 1.47. The summed E-state index contributed by atoms with van der Waals surface area (Å²) in [7, 11) is 0. The van der Waals surface area contributed by atoms with Crippen LogP contribution in [0.1, 0.15) is 0 Å². The van der Waals surface area contributed by atoms with E-state index in [0.717, 1.165) is 36.7 Å². The number of nitrogens with one attached hydrogen (secondary N) is 1. The molecule has 1 aromatic heterocycles. The van der Waals surface area contributed by atoms with Crippen LogP contribution in [0.4, 0.5) is 0 Å². The molecule has 0 aliphatic carbocycles. The summed E-state index contributed by atoms with van der Waals surface area (Å²) in [6, 6.07) is 8.88. The average molecular weight is 203 g/mol. The second kappa shape index (κ2) is 3.55. The summed E-state index contributed by atoms with van der Waals surface area (Å²) in [5.41, 5.74) is 2.16. The molecule has 1 aliphatic heterocycles. The number of imidazole rings is 1. The van der Waals surface area contributed by atoms with Gasteiger partial charge in [-0.25, -0.2) is 0 Å². The third-order valence-electron chi connectivity index (χ3n) is 2.64. The summed E-state index contributed by atoms with van der Waals surface area (Å²) in [5.74, 6) is 0. The standard InChI is InChI=1S/C11H13N3O/c1-2-4-10-9(3-1)13-11-14(10)7-5-12-6-8-15-11/h1-4,12H,5-8H2. The molecule has 15 heavy (non-hydrogen) atoms. The lowest BCUT2D eigenvalue weighted by Crippen LogP contribution is -2.28. The summed E-state index contributed by atoms with van der Waals surface area (Å²) in [6.45, 7) is 3.46. The molecule has 4 nitrogen and oxygen atoms in total. The van der Waals surface area contributed by atoms with Crippen LogP contribution in [0.5, 0.6) is 6.01 Å². The first-order valence-electron chi connectivity index (χ1n) is 5.24. The highest BCUT2D eigenvalue weighted by Crippen LogP contribution is 2.21. The molecule has 0 spiro atoms. The third-order valence-corrected chi connectivity index (χ3v) is 2.64. The van der Waals surface area contributed by atoms with E-state index in [1.807, 2.05) is 18.2 Å². The first-order chi connectivity index (χ1) is 7.45. The Kier molecular flexibility index (Phi) is 2.07.